The Morgan fingerprint density at radius 2 is 1.72 bits per heavy atom. The molecular formula is C21H28O8. The molecule has 8 heteroatoms. The zero-order valence-corrected chi connectivity index (χ0v) is 17.4. The molecule has 1 fully saturated rings. The molecule has 0 spiro atoms. The van der Waals surface area contributed by atoms with Crippen LogP contribution in [-0.4, -0.2) is 55.9 Å². The molecule has 1 aliphatic carbocycles. The number of carbonyl (C=O) groups excluding carboxylic acids is 3. The van der Waals surface area contributed by atoms with Crippen molar-refractivity contribution in [1.29, 1.82) is 0 Å². The van der Waals surface area contributed by atoms with Gasteiger partial charge in [-0.1, -0.05) is 6.07 Å². The third kappa shape index (κ3) is 4.53. The Morgan fingerprint density at radius 1 is 1.10 bits per heavy atom. The van der Waals surface area contributed by atoms with Gasteiger partial charge in [-0.3, -0.25) is 14.4 Å². The van der Waals surface area contributed by atoms with Gasteiger partial charge in [-0.05, 0) is 32.4 Å². The fraction of sp³-hybridized carbons (Fsp3) is 0.571. The summed E-state index contributed by atoms with van der Waals surface area (Å²) >= 11 is 0. The Hall–Kier alpha value is -2.61. The molecule has 160 valence electrons. The number of benzene rings is 1. The van der Waals surface area contributed by atoms with Gasteiger partial charge in [-0.2, -0.15) is 0 Å². The van der Waals surface area contributed by atoms with Crippen molar-refractivity contribution in [2.45, 2.75) is 38.7 Å². The van der Waals surface area contributed by atoms with Gasteiger partial charge in [0.05, 0.1) is 39.0 Å². The summed E-state index contributed by atoms with van der Waals surface area (Å²) in [5, 5.41) is 11.0. The molecule has 29 heavy (non-hydrogen) atoms. The predicted octanol–water partition coefficient (Wildman–Crippen LogP) is 1.87. The van der Waals surface area contributed by atoms with Crippen LogP contribution in [-0.2, 0) is 23.9 Å². The molecule has 1 saturated carbocycles. The summed E-state index contributed by atoms with van der Waals surface area (Å²) < 4.78 is 21.0. The summed E-state index contributed by atoms with van der Waals surface area (Å²) in [5.74, 6) is -4.58. The first kappa shape index (κ1) is 22.7. The average Bonchev–Trinajstić information content (AvgIpc) is 2.66. The second-order valence-electron chi connectivity index (χ2n) is 7.09. The maximum Gasteiger partial charge on any atom is 0.317 e. The van der Waals surface area contributed by atoms with Crippen molar-refractivity contribution < 1.29 is 38.4 Å². The molecule has 2 rings (SSSR count). The SMILES string of the molecule is CCOC(=O)[C@@H]1C(=O)C[C@](C)(O)[C@@H](C(=O)OCC)[C@@H]1c1ccc(OC)cc1OC. The first-order valence-electron chi connectivity index (χ1n) is 9.52. The van der Waals surface area contributed by atoms with Gasteiger partial charge in [0.1, 0.15) is 17.4 Å². The third-order valence-corrected chi connectivity index (χ3v) is 5.15. The molecular weight excluding hydrogens is 380 g/mol. The molecule has 0 aromatic heterocycles. The lowest BCUT2D eigenvalue weighted by Gasteiger charge is -2.43. The van der Waals surface area contributed by atoms with E-state index in [0.717, 1.165) is 0 Å². The molecule has 0 radical (unpaired) electrons. The van der Waals surface area contributed by atoms with E-state index < -0.39 is 41.1 Å². The van der Waals surface area contributed by atoms with Crippen molar-refractivity contribution in [1.82, 2.24) is 0 Å². The first-order chi connectivity index (χ1) is 13.7. The number of ether oxygens (including phenoxy) is 4. The number of hydrogen-bond donors (Lipinski definition) is 1. The summed E-state index contributed by atoms with van der Waals surface area (Å²) in [6, 6.07) is 4.85. The van der Waals surface area contributed by atoms with E-state index in [1.807, 2.05) is 0 Å². The highest BCUT2D eigenvalue weighted by Gasteiger charge is 2.57. The molecule has 0 amide bonds. The van der Waals surface area contributed by atoms with Crippen LogP contribution < -0.4 is 9.47 Å². The fourth-order valence-electron chi connectivity index (χ4n) is 3.95. The molecule has 8 nitrogen and oxygen atoms in total. The summed E-state index contributed by atoms with van der Waals surface area (Å²) in [4.78, 5) is 38.4. The summed E-state index contributed by atoms with van der Waals surface area (Å²) in [7, 11) is 2.92. The minimum atomic E-state index is -1.71. The molecule has 0 saturated heterocycles. The largest absolute Gasteiger partial charge is 0.497 e. The number of esters is 2. The third-order valence-electron chi connectivity index (χ3n) is 5.15. The summed E-state index contributed by atoms with van der Waals surface area (Å²) in [6.07, 6.45) is -0.366. The Bertz CT molecular complexity index is 770. The van der Waals surface area contributed by atoms with Crippen LogP contribution >= 0.6 is 0 Å². The average molecular weight is 408 g/mol. The van der Waals surface area contributed by atoms with E-state index in [9.17, 15) is 19.5 Å². The van der Waals surface area contributed by atoms with Crippen molar-refractivity contribution >= 4 is 17.7 Å². The van der Waals surface area contributed by atoms with Crippen molar-refractivity contribution in [3.63, 3.8) is 0 Å². The maximum absolute atomic E-state index is 12.9. The normalized spacial score (nSPS) is 26.6. The van der Waals surface area contributed by atoms with Gasteiger partial charge in [0.15, 0.2) is 5.78 Å². The predicted molar refractivity (Wildman–Crippen MR) is 103 cm³/mol. The van der Waals surface area contributed by atoms with Crippen LogP contribution in [0.2, 0.25) is 0 Å². The second-order valence-corrected chi connectivity index (χ2v) is 7.09. The lowest BCUT2D eigenvalue weighted by atomic mass is 9.61. The molecule has 1 N–H and O–H groups in total. The highest BCUT2D eigenvalue weighted by Crippen LogP contribution is 2.49. The first-order valence-corrected chi connectivity index (χ1v) is 9.52. The van der Waals surface area contributed by atoms with Crippen molar-refractivity contribution in [2.24, 2.45) is 11.8 Å². The van der Waals surface area contributed by atoms with Crippen LogP contribution in [0.3, 0.4) is 0 Å². The molecule has 0 aliphatic heterocycles. The Kier molecular flexibility index (Phi) is 7.24. The van der Waals surface area contributed by atoms with E-state index in [4.69, 9.17) is 18.9 Å². The molecule has 1 aromatic carbocycles. The highest BCUT2D eigenvalue weighted by molar-refractivity contribution is 6.03. The zero-order valence-electron chi connectivity index (χ0n) is 17.4. The number of methoxy groups -OCH3 is 2. The van der Waals surface area contributed by atoms with Gasteiger partial charge in [0, 0.05) is 18.4 Å². The van der Waals surface area contributed by atoms with Gasteiger partial charge in [0.2, 0.25) is 0 Å². The molecule has 1 aromatic rings. The fourth-order valence-corrected chi connectivity index (χ4v) is 3.95. The lowest BCUT2D eigenvalue weighted by molar-refractivity contribution is -0.172. The van der Waals surface area contributed by atoms with Gasteiger partial charge >= 0.3 is 11.9 Å². The smallest absolute Gasteiger partial charge is 0.317 e. The van der Waals surface area contributed by atoms with E-state index in [0.29, 0.717) is 17.1 Å². The quantitative estimate of drug-likeness (QED) is 0.538. The number of carbonyl (C=O) groups is 3. The van der Waals surface area contributed by atoms with E-state index in [1.165, 1.54) is 21.1 Å². The zero-order chi connectivity index (χ0) is 21.8. The number of aliphatic hydroxyl groups is 1. The standard InChI is InChI=1S/C21H28O8/c1-6-28-19(23)17-14(22)11-21(3,25)18(20(24)29-7-2)16(17)13-9-8-12(26-4)10-15(13)27-5/h8-10,16-18,25H,6-7,11H2,1-5H3/t16-,17-,18-,21+/m1/s1. The minimum absolute atomic E-state index is 0.0789. The van der Waals surface area contributed by atoms with E-state index >= 15 is 0 Å². The number of ketones is 1. The second kappa shape index (κ2) is 9.26. The summed E-state index contributed by atoms with van der Waals surface area (Å²) in [5.41, 5.74) is -1.29. The number of rotatable bonds is 7. The lowest BCUT2D eigenvalue weighted by Crippen LogP contribution is -2.55. The Balaban J connectivity index is 2.71. The van der Waals surface area contributed by atoms with Crippen molar-refractivity contribution in [3.8, 4) is 11.5 Å². The summed E-state index contributed by atoms with van der Waals surface area (Å²) in [6.45, 7) is 4.85. The highest BCUT2D eigenvalue weighted by atomic mass is 16.5. The minimum Gasteiger partial charge on any atom is -0.497 e. The Morgan fingerprint density at radius 3 is 2.28 bits per heavy atom. The molecule has 1 aliphatic rings. The topological polar surface area (TPSA) is 108 Å². The van der Waals surface area contributed by atoms with Gasteiger partial charge in [-0.25, -0.2) is 0 Å². The van der Waals surface area contributed by atoms with Crippen LogP contribution in [0.15, 0.2) is 18.2 Å². The van der Waals surface area contributed by atoms with Crippen LogP contribution in [0, 0.1) is 11.8 Å². The van der Waals surface area contributed by atoms with E-state index in [2.05, 4.69) is 0 Å². The number of Topliss-reactive ketones (excluding diaryl/α,β-unsaturated/α-hetero) is 1. The van der Waals surface area contributed by atoms with Gasteiger partial charge < -0.3 is 24.1 Å². The maximum atomic E-state index is 12.9. The van der Waals surface area contributed by atoms with Crippen LogP contribution in [0.1, 0.15) is 38.7 Å². The van der Waals surface area contributed by atoms with E-state index in [1.54, 1.807) is 32.0 Å². The Labute approximate surface area is 170 Å². The van der Waals surface area contributed by atoms with Crippen LogP contribution in [0.5, 0.6) is 11.5 Å². The van der Waals surface area contributed by atoms with Crippen molar-refractivity contribution in [3.05, 3.63) is 23.8 Å². The molecule has 4 atom stereocenters. The molecule has 0 heterocycles. The van der Waals surface area contributed by atoms with E-state index in [-0.39, 0.29) is 19.6 Å². The van der Waals surface area contributed by atoms with Crippen LogP contribution in [0.4, 0.5) is 0 Å². The number of hydrogen-bond acceptors (Lipinski definition) is 8. The van der Waals surface area contributed by atoms with Gasteiger partial charge in [-0.15, -0.1) is 0 Å². The van der Waals surface area contributed by atoms with Gasteiger partial charge in [0.25, 0.3) is 0 Å². The van der Waals surface area contributed by atoms with Crippen LogP contribution in [0.25, 0.3) is 0 Å². The monoisotopic (exact) mass is 408 g/mol. The molecule has 0 unspecified atom stereocenters. The van der Waals surface area contributed by atoms with Crippen molar-refractivity contribution in [2.75, 3.05) is 27.4 Å². The molecule has 0 bridgehead atoms.